The van der Waals surface area contributed by atoms with Crippen molar-refractivity contribution in [1.29, 1.82) is 5.26 Å². The number of anilines is 1. The highest BCUT2D eigenvalue weighted by Crippen LogP contribution is 2.17. The SMILES string of the molecule is N#Cc1cccc(NC2CC(=O)N(CCc3ccc(F)cc3)C2)n1. The van der Waals surface area contributed by atoms with E-state index in [0.29, 0.717) is 37.4 Å². The summed E-state index contributed by atoms with van der Waals surface area (Å²) in [6.07, 6.45) is 1.10. The maximum atomic E-state index is 12.9. The van der Waals surface area contributed by atoms with E-state index in [0.717, 1.165) is 5.56 Å². The van der Waals surface area contributed by atoms with Crippen molar-refractivity contribution >= 4 is 11.7 Å². The minimum absolute atomic E-state index is 0.0211. The van der Waals surface area contributed by atoms with Gasteiger partial charge in [-0.1, -0.05) is 18.2 Å². The lowest BCUT2D eigenvalue weighted by atomic mass is 10.1. The maximum Gasteiger partial charge on any atom is 0.224 e. The fraction of sp³-hybridized carbons (Fsp3) is 0.278. The number of aromatic nitrogens is 1. The summed E-state index contributed by atoms with van der Waals surface area (Å²) < 4.78 is 12.9. The predicted molar refractivity (Wildman–Crippen MR) is 87.7 cm³/mol. The monoisotopic (exact) mass is 324 g/mol. The maximum absolute atomic E-state index is 12.9. The molecule has 5 nitrogen and oxygen atoms in total. The Labute approximate surface area is 139 Å². The van der Waals surface area contributed by atoms with Crippen LogP contribution in [0.3, 0.4) is 0 Å². The summed E-state index contributed by atoms with van der Waals surface area (Å²) in [6, 6.07) is 13.5. The van der Waals surface area contributed by atoms with Crippen LogP contribution in [0.25, 0.3) is 0 Å². The Kier molecular flexibility index (Phi) is 4.71. The average Bonchev–Trinajstić information content (AvgIpc) is 2.94. The zero-order valence-corrected chi connectivity index (χ0v) is 13.1. The molecule has 122 valence electrons. The van der Waals surface area contributed by atoms with Crippen LogP contribution in [0.5, 0.6) is 0 Å². The molecule has 24 heavy (non-hydrogen) atoms. The highest BCUT2D eigenvalue weighted by Gasteiger charge is 2.29. The van der Waals surface area contributed by atoms with Crippen molar-refractivity contribution in [2.75, 3.05) is 18.4 Å². The van der Waals surface area contributed by atoms with E-state index in [4.69, 9.17) is 5.26 Å². The largest absolute Gasteiger partial charge is 0.365 e. The van der Waals surface area contributed by atoms with Gasteiger partial charge in [0.2, 0.25) is 5.91 Å². The zero-order chi connectivity index (χ0) is 16.9. The summed E-state index contributed by atoms with van der Waals surface area (Å²) in [5, 5.41) is 12.1. The third-order valence-corrected chi connectivity index (χ3v) is 4.01. The Morgan fingerprint density at radius 2 is 2.08 bits per heavy atom. The number of likely N-dealkylation sites (tertiary alicyclic amines) is 1. The first-order valence-electron chi connectivity index (χ1n) is 7.80. The van der Waals surface area contributed by atoms with Crippen LogP contribution in [-0.2, 0) is 11.2 Å². The number of carbonyl (C=O) groups is 1. The first-order chi connectivity index (χ1) is 11.6. The van der Waals surface area contributed by atoms with Gasteiger partial charge in [-0.05, 0) is 36.2 Å². The molecule has 1 amide bonds. The van der Waals surface area contributed by atoms with Crippen LogP contribution in [0, 0.1) is 17.1 Å². The van der Waals surface area contributed by atoms with Crippen molar-refractivity contribution in [3.05, 3.63) is 59.5 Å². The summed E-state index contributed by atoms with van der Waals surface area (Å²) in [5.74, 6) is 0.436. The smallest absolute Gasteiger partial charge is 0.224 e. The molecule has 1 aliphatic heterocycles. The molecule has 1 fully saturated rings. The van der Waals surface area contributed by atoms with Crippen LogP contribution in [-0.4, -0.2) is 34.9 Å². The molecule has 1 atom stereocenters. The number of pyridine rings is 1. The van der Waals surface area contributed by atoms with Gasteiger partial charge in [0, 0.05) is 19.5 Å². The van der Waals surface area contributed by atoms with E-state index in [-0.39, 0.29) is 17.8 Å². The molecule has 2 heterocycles. The van der Waals surface area contributed by atoms with Crippen molar-refractivity contribution in [3.63, 3.8) is 0 Å². The second-order valence-corrected chi connectivity index (χ2v) is 5.78. The summed E-state index contributed by atoms with van der Waals surface area (Å²) in [4.78, 5) is 18.1. The van der Waals surface area contributed by atoms with E-state index in [1.54, 1.807) is 35.2 Å². The van der Waals surface area contributed by atoms with Crippen LogP contribution < -0.4 is 5.32 Å². The molecular weight excluding hydrogens is 307 g/mol. The molecule has 1 aromatic carbocycles. The normalized spacial score (nSPS) is 16.9. The summed E-state index contributed by atoms with van der Waals surface area (Å²) in [5.41, 5.74) is 1.35. The van der Waals surface area contributed by atoms with Gasteiger partial charge in [0.1, 0.15) is 23.4 Å². The van der Waals surface area contributed by atoms with Gasteiger partial charge in [-0.25, -0.2) is 9.37 Å². The Balaban J connectivity index is 1.55. The number of rotatable bonds is 5. The highest BCUT2D eigenvalue weighted by atomic mass is 19.1. The number of nitrogens with zero attached hydrogens (tertiary/aromatic N) is 3. The Morgan fingerprint density at radius 3 is 2.83 bits per heavy atom. The number of carbonyl (C=O) groups excluding carboxylic acids is 1. The van der Waals surface area contributed by atoms with Crippen molar-refractivity contribution in [2.24, 2.45) is 0 Å². The number of amides is 1. The number of hydrogen-bond acceptors (Lipinski definition) is 4. The number of nitriles is 1. The lowest BCUT2D eigenvalue weighted by Crippen LogP contribution is -2.30. The van der Waals surface area contributed by atoms with Crippen molar-refractivity contribution < 1.29 is 9.18 Å². The Hall–Kier alpha value is -2.94. The van der Waals surface area contributed by atoms with Crippen LogP contribution in [0.15, 0.2) is 42.5 Å². The molecule has 1 aliphatic rings. The van der Waals surface area contributed by atoms with Gasteiger partial charge in [-0.2, -0.15) is 5.26 Å². The minimum atomic E-state index is -0.257. The van der Waals surface area contributed by atoms with E-state index in [9.17, 15) is 9.18 Å². The molecule has 3 rings (SSSR count). The third kappa shape index (κ3) is 3.87. The van der Waals surface area contributed by atoms with E-state index >= 15 is 0 Å². The fourth-order valence-electron chi connectivity index (χ4n) is 2.79. The predicted octanol–water partition coefficient (Wildman–Crippen LogP) is 2.35. The average molecular weight is 324 g/mol. The molecule has 1 unspecified atom stereocenters. The second kappa shape index (κ2) is 7.09. The minimum Gasteiger partial charge on any atom is -0.365 e. The van der Waals surface area contributed by atoms with Gasteiger partial charge in [0.15, 0.2) is 0 Å². The zero-order valence-electron chi connectivity index (χ0n) is 13.1. The van der Waals surface area contributed by atoms with Crippen LogP contribution in [0.4, 0.5) is 10.2 Å². The summed E-state index contributed by atoms with van der Waals surface area (Å²) in [6.45, 7) is 1.20. The van der Waals surface area contributed by atoms with E-state index in [1.165, 1.54) is 12.1 Å². The van der Waals surface area contributed by atoms with Crippen molar-refractivity contribution in [2.45, 2.75) is 18.9 Å². The van der Waals surface area contributed by atoms with Gasteiger partial charge in [-0.3, -0.25) is 4.79 Å². The molecule has 0 bridgehead atoms. The molecule has 6 heteroatoms. The van der Waals surface area contributed by atoms with Gasteiger partial charge in [0.05, 0.1) is 6.04 Å². The van der Waals surface area contributed by atoms with Gasteiger partial charge in [0.25, 0.3) is 0 Å². The molecule has 2 aromatic rings. The molecule has 0 saturated carbocycles. The first kappa shape index (κ1) is 15.9. The van der Waals surface area contributed by atoms with Gasteiger partial charge < -0.3 is 10.2 Å². The van der Waals surface area contributed by atoms with Crippen LogP contribution >= 0.6 is 0 Å². The number of hydrogen-bond donors (Lipinski definition) is 1. The standard InChI is InChI=1S/C18H17FN4O/c19-14-6-4-13(5-7-14)8-9-23-12-16(10-18(23)24)22-17-3-1-2-15(11-20)21-17/h1-7,16H,8-10,12H2,(H,21,22). The van der Waals surface area contributed by atoms with Crippen molar-refractivity contribution in [3.8, 4) is 6.07 Å². The molecule has 1 saturated heterocycles. The molecule has 1 N–H and O–H groups in total. The Bertz CT molecular complexity index is 769. The molecule has 0 aliphatic carbocycles. The lowest BCUT2D eigenvalue weighted by Gasteiger charge is -2.17. The number of halogens is 1. The van der Waals surface area contributed by atoms with Gasteiger partial charge in [-0.15, -0.1) is 0 Å². The van der Waals surface area contributed by atoms with Gasteiger partial charge >= 0.3 is 0 Å². The summed E-state index contributed by atoms with van der Waals surface area (Å²) in [7, 11) is 0. The molecule has 1 aromatic heterocycles. The number of benzene rings is 1. The Morgan fingerprint density at radius 1 is 1.29 bits per heavy atom. The van der Waals surface area contributed by atoms with Crippen LogP contribution in [0.2, 0.25) is 0 Å². The fourth-order valence-corrected chi connectivity index (χ4v) is 2.79. The van der Waals surface area contributed by atoms with Crippen LogP contribution in [0.1, 0.15) is 17.7 Å². The quantitative estimate of drug-likeness (QED) is 0.916. The third-order valence-electron chi connectivity index (χ3n) is 4.01. The highest BCUT2D eigenvalue weighted by molar-refractivity contribution is 5.80. The van der Waals surface area contributed by atoms with Crippen molar-refractivity contribution in [1.82, 2.24) is 9.88 Å². The number of nitrogens with one attached hydrogen (secondary N) is 1. The van der Waals surface area contributed by atoms with E-state index in [1.807, 2.05) is 6.07 Å². The molecule has 0 spiro atoms. The topological polar surface area (TPSA) is 69.0 Å². The molecular formula is C18H17FN4O. The lowest BCUT2D eigenvalue weighted by molar-refractivity contribution is -0.127. The second-order valence-electron chi connectivity index (χ2n) is 5.78. The summed E-state index contributed by atoms with van der Waals surface area (Å²) >= 11 is 0. The van der Waals surface area contributed by atoms with E-state index in [2.05, 4.69) is 10.3 Å². The first-order valence-corrected chi connectivity index (χ1v) is 7.80. The molecule has 0 radical (unpaired) electrons. The van der Waals surface area contributed by atoms with E-state index < -0.39 is 0 Å².